The van der Waals surface area contributed by atoms with Crippen LogP contribution in [0.25, 0.3) is 0 Å². The van der Waals surface area contributed by atoms with Crippen LogP contribution in [0.2, 0.25) is 10.0 Å². The number of nitrogens with zero attached hydrogens (tertiary/aromatic N) is 1. The van der Waals surface area contributed by atoms with E-state index in [0.717, 1.165) is 35.8 Å². The summed E-state index contributed by atoms with van der Waals surface area (Å²) < 4.78 is 5.65. The van der Waals surface area contributed by atoms with E-state index >= 15 is 0 Å². The largest absolute Gasteiger partial charge is 0.489 e. The predicted octanol–water partition coefficient (Wildman–Crippen LogP) is 3.97. The summed E-state index contributed by atoms with van der Waals surface area (Å²) in [5.74, 6) is 0.830. The summed E-state index contributed by atoms with van der Waals surface area (Å²) in [5.41, 5.74) is 8.84. The minimum Gasteiger partial charge on any atom is -0.489 e. The van der Waals surface area contributed by atoms with E-state index in [4.69, 9.17) is 33.7 Å². The maximum atomic E-state index is 6.07. The van der Waals surface area contributed by atoms with E-state index in [2.05, 4.69) is 4.90 Å². The lowest BCUT2D eigenvalue weighted by Gasteiger charge is -2.32. The van der Waals surface area contributed by atoms with Gasteiger partial charge in [0.25, 0.3) is 0 Å². The average molecular weight is 309 g/mol. The lowest BCUT2D eigenvalue weighted by molar-refractivity contribution is 0.307. The molecule has 2 aromatic rings. The number of fused-ring (bicyclic) bond motifs is 1. The number of anilines is 2. The van der Waals surface area contributed by atoms with Crippen molar-refractivity contribution in [1.29, 1.82) is 0 Å². The second-order valence-electron chi connectivity index (χ2n) is 4.71. The smallest absolute Gasteiger partial charge is 0.144 e. The Bertz CT molecular complexity index is 646. The molecule has 0 fully saturated rings. The number of hydrogen-bond acceptors (Lipinski definition) is 3. The molecule has 0 saturated carbocycles. The summed E-state index contributed by atoms with van der Waals surface area (Å²) >= 11 is 12.0. The zero-order valence-corrected chi connectivity index (χ0v) is 12.3. The number of ether oxygens (including phenoxy) is 1. The summed E-state index contributed by atoms with van der Waals surface area (Å²) in [6.45, 7) is 2.17. The van der Waals surface area contributed by atoms with Crippen LogP contribution in [0.15, 0.2) is 36.4 Å². The number of nitrogen functional groups attached to an aromatic ring is 1. The van der Waals surface area contributed by atoms with Gasteiger partial charge in [-0.15, -0.1) is 0 Å². The standard InChI is InChI=1S/C15H14Cl2N2O/c16-11-5-4-10(8-12(11)17)9-19-6-7-20-14-3-1-2-13(18)15(14)19/h1-5,8H,6-7,9,18H2. The van der Waals surface area contributed by atoms with Crippen molar-refractivity contribution in [3.05, 3.63) is 52.0 Å². The molecule has 0 bridgehead atoms. The molecule has 104 valence electrons. The van der Waals surface area contributed by atoms with Gasteiger partial charge in [0.1, 0.15) is 18.0 Å². The third-order valence-electron chi connectivity index (χ3n) is 3.32. The molecule has 0 spiro atoms. The van der Waals surface area contributed by atoms with Gasteiger partial charge in [-0.1, -0.05) is 35.3 Å². The molecule has 0 aliphatic carbocycles. The van der Waals surface area contributed by atoms with Crippen LogP contribution in [-0.2, 0) is 6.54 Å². The first-order chi connectivity index (χ1) is 9.65. The molecule has 1 aliphatic rings. The highest BCUT2D eigenvalue weighted by molar-refractivity contribution is 6.42. The summed E-state index contributed by atoms with van der Waals surface area (Å²) in [6, 6.07) is 11.4. The molecule has 0 aromatic heterocycles. The number of benzene rings is 2. The molecule has 0 unspecified atom stereocenters. The lowest BCUT2D eigenvalue weighted by Crippen LogP contribution is -2.32. The predicted molar refractivity (Wildman–Crippen MR) is 83.9 cm³/mol. The first-order valence-electron chi connectivity index (χ1n) is 6.35. The quantitative estimate of drug-likeness (QED) is 0.853. The molecule has 0 amide bonds. The van der Waals surface area contributed by atoms with Crippen LogP contribution in [0.5, 0.6) is 5.75 Å². The lowest BCUT2D eigenvalue weighted by atomic mass is 10.1. The molecule has 0 atom stereocenters. The fourth-order valence-corrected chi connectivity index (χ4v) is 2.71. The van der Waals surface area contributed by atoms with Gasteiger partial charge in [-0.05, 0) is 29.8 Å². The fourth-order valence-electron chi connectivity index (χ4n) is 2.39. The van der Waals surface area contributed by atoms with Crippen molar-refractivity contribution in [3.63, 3.8) is 0 Å². The van der Waals surface area contributed by atoms with Crippen molar-refractivity contribution >= 4 is 34.6 Å². The first kappa shape index (κ1) is 13.4. The van der Waals surface area contributed by atoms with Gasteiger partial charge >= 0.3 is 0 Å². The molecule has 2 aromatic carbocycles. The van der Waals surface area contributed by atoms with Crippen molar-refractivity contribution < 1.29 is 4.74 Å². The number of nitrogens with two attached hydrogens (primary N) is 1. The molecule has 3 nitrogen and oxygen atoms in total. The molecule has 3 rings (SSSR count). The first-order valence-corrected chi connectivity index (χ1v) is 7.11. The van der Waals surface area contributed by atoms with Crippen LogP contribution in [-0.4, -0.2) is 13.2 Å². The van der Waals surface area contributed by atoms with Gasteiger partial charge in [-0.2, -0.15) is 0 Å². The number of para-hydroxylation sites is 1. The van der Waals surface area contributed by atoms with Crippen molar-refractivity contribution in [2.24, 2.45) is 0 Å². The maximum Gasteiger partial charge on any atom is 0.144 e. The summed E-state index contributed by atoms with van der Waals surface area (Å²) in [4.78, 5) is 2.20. The minimum absolute atomic E-state index is 0.567. The van der Waals surface area contributed by atoms with Crippen LogP contribution in [0.3, 0.4) is 0 Å². The van der Waals surface area contributed by atoms with Crippen LogP contribution in [0, 0.1) is 0 Å². The molecular formula is C15H14Cl2N2O. The Morgan fingerprint density at radius 1 is 1.15 bits per heavy atom. The van der Waals surface area contributed by atoms with Crippen LogP contribution < -0.4 is 15.4 Å². The van der Waals surface area contributed by atoms with E-state index in [1.165, 1.54) is 0 Å². The molecule has 1 aliphatic heterocycles. The highest BCUT2D eigenvalue weighted by Crippen LogP contribution is 2.37. The van der Waals surface area contributed by atoms with E-state index in [9.17, 15) is 0 Å². The van der Waals surface area contributed by atoms with Gasteiger partial charge in [0.2, 0.25) is 0 Å². The Morgan fingerprint density at radius 3 is 2.80 bits per heavy atom. The number of hydrogen-bond donors (Lipinski definition) is 1. The molecule has 1 heterocycles. The highest BCUT2D eigenvalue weighted by Gasteiger charge is 2.20. The monoisotopic (exact) mass is 308 g/mol. The third-order valence-corrected chi connectivity index (χ3v) is 4.06. The molecule has 20 heavy (non-hydrogen) atoms. The van der Waals surface area contributed by atoms with Gasteiger partial charge in [0.05, 0.1) is 22.3 Å². The summed E-state index contributed by atoms with van der Waals surface area (Å²) in [7, 11) is 0. The van der Waals surface area contributed by atoms with E-state index in [1.807, 2.05) is 36.4 Å². The SMILES string of the molecule is Nc1cccc2c1N(Cc1ccc(Cl)c(Cl)c1)CCO2. The molecule has 2 N–H and O–H groups in total. The van der Waals surface area contributed by atoms with Crippen LogP contribution >= 0.6 is 23.2 Å². The van der Waals surface area contributed by atoms with Gasteiger partial charge in [0, 0.05) is 6.54 Å². The highest BCUT2D eigenvalue weighted by atomic mass is 35.5. The minimum atomic E-state index is 0.567. The Balaban J connectivity index is 1.91. The van der Waals surface area contributed by atoms with Crippen molar-refractivity contribution in [1.82, 2.24) is 0 Å². The Labute approximate surface area is 127 Å². The Morgan fingerprint density at radius 2 is 2.00 bits per heavy atom. The van der Waals surface area contributed by atoms with E-state index < -0.39 is 0 Å². The summed E-state index contributed by atoms with van der Waals surface area (Å²) in [6.07, 6.45) is 0. The second kappa shape index (κ2) is 5.43. The second-order valence-corrected chi connectivity index (χ2v) is 5.53. The van der Waals surface area contributed by atoms with Gasteiger partial charge < -0.3 is 15.4 Å². The van der Waals surface area contributed by atoms with Gasteiger partial charge in [-0.25, -0.2) is 0 Å². The Kier molecular flexibility index (Phi) is 3.64. The maximum absolute atomic E-state index is 6.07. The zero-order chi connectivity index (χ0) is 14.1. The fraction of sp³-hybridized carbons (Fsp3) is 0.200. The normalized spacial score (nSPS) is 13.8. The van der Waals surface area contributed by atoms with E-state index in [1.54, 1.807) is 0 Å². The topological polar surface area (TPSA) is 38.5 Å². The van der Waals surface area contributed by atoms with Crippen molar-refractivity contribution in [2.75, 3.05) is 23.8 Å². The molecule has 0 saturated heterocycles. The van der Waals surface area contributed by atoms with Crippen molar-refractivity contribution in [3.8, 4) is 5.75 Å². The molecular weight excluding hydrogens is 295 g/mol. The van der Waals surface area contributed by atoms with E-state index in [0.29, 0.717) is 16.7 Å². The zero-order valence-electron chi connectivity index (χ0n) is 10.8. The number of halogens is 2. The van der Waals surface area contributed by atoms with Crippen LogP contribution in [0.1, 0.15) is 5.56 Å². The molecule has 0 radical (unpaired) electrons. The van der Waals surface area contributed by atoms with Gasteiger partial charge in [0.15, 0.2) is 0 Å². The third kappa shape index (κ3) is 2.51. The van der Waals surface area contributed by atoms with Crippen molar-refractivity contribution in [2.45, 2.75) is 6.54 Å². The summed E-state index contributed by atoms with van der Waals surface area (Å²) in [5, 5.41) is 1.14. The molecule has 5 heteroatoms. The van der Waals surface area contributed by atoms with E-state index in [-0.39, 0.29) is 0 Å². The average Bonchev–Trinajstić information content (AvgIpc) is 2.43. The van der Waals surface area contributed by atoms with Gasteiger partial charge in [-0.3, -0.25) is 0 Å². The Hall–Kier alpha value is -1.58. The van der Waals surface area contributed by atoms with Crippen LogP contribution in [0.4, 0.5) is 11.4 Å². The number of rotatable bonds is 2.